The van der Waals surface area contributed by atoms with E-state index in [2.05, 4.69) is 46.7 Å². The van der Waals surface area contributed by atoms with E-state index in [1.165, 1.54) is 11.1 Å². The molecule has 0 atom stereocenters. The Balaban J connectivity index is 1.84. The second kappa shape index (κ2) is 10.2. The second-order valence-corrected chi connectivity index (χ2v) is 5.82. The number of aromatic nitrogens is 2. The van der Waals surface area contributed by atoms with Crippen molar-refractivity contribution in [2.24, 2.45) is 0 Å². The molecule has 0 fully saturated rings. The minimum atomic E-state index is -0.221. The van der Waals surface area contributed by atoms with E-state index < -0.39 is 0 Å². The minimum absolute atomic E-state index is 0.221. The molecule has 0 unspecified atom stereocenters. The largest absolute Gasteiger partial charge is 0.497 e. The van der Waals surface area contributed by atoms with Crippen LogP contribution in [0.15, 0.2) is 54.3 Å². The molecular weight excluding hydrogens is 330 g/mol. The average Bonchev–Trinajstić information content (AvgIpc) is 3.11. The van der Waals surface area contributed by atoms with Gasteiger partial charge in [0.05, 0.1) is 13.7 Å². The third-order valence-electron chi connectivity index (χ3n) is 3.73. The summed E-state index contributed by atoms with van der Waals surface area (Å²) < 4.78 is 10.1. The van der Waals surface area contributed by atoms with E-state index in [1.807, 2.05) is 12.2 Å². The first-order valence-electron chi connectivity index (χ1n) is 8.40. The number of allylic oxidation sites excluding steroid dienone is 1. The summed E-state index contributed by atoms with van der Waals surface area (Å²) in [6, 6.07) is 10.1. The average molecular weight is 355 g/mol. The van der Waals surface area contributed by atoms with E-state index in [0.29, 0.717) is 31.0 Å². The van der Waals surface area contributed by atoms with Gasteiger partial charge in [-0.3, -0.25) is 9.89 Å². The molecule has 1 amide bonds. The van der Waals surface area contributed by atoms with Crippen LogP contribution in [0.25, 0.3) is 0 Å². The van der Waals surface area contributed by atoms with Crippen LogP contribution in [0.5, 0.6) is 0 Å². The van der Waals surface area contributed by atoms with Crippen molar-refractivity contribution in [3.8, 4) is 0 Å². The third kappa shape index (κ3) is 6.22. The summed E-state index contributed by atoms with van der Waals surface area (Å²) in [4.78, 5) is 12.1. The molecule has 6 nitrogen and oxygen atoms in total. The fourth-order valence-corrected chi connectivity index (χ4v) is 2.30. The van der Waals surface area contributed by atoms with Gasteiger partial charge >= 0.3 is 0 Å². The maximum absolute atomic E-state index is 12.1. The molecule has 0 aliphatic heterocycles. The zero-order valence-electron chi connectivity index (χ0n) is 15.4. The molecule has 0 saturated carbocycles. The molecule has 138 valence electrons. The zero-order chi connectivity index (χ0) is 18.8. The number of rotatable bonds is 9. The van der Waals surface area contributed by atoms with E-state index in [-0.39, 0.29) is 5.91 Å². The van der Waals surface area contributed by atoms with Crippen molar-refractivity contribution in [1.82, 2.24) is 15.5 Å². The van der Waals surface area contributed by atoms with Crippen LogP contribution in [0, 0.1) is 6.92 Å². The van der Waals surface area contributed by atoms with E-state index in [1.54, 1.807) is 26.4 Å². The number of ether oxygens (including phenoxy) is 2. The first kappa shape index (κ1) is 19.5. The Kier molecular flexibility index (Phi) is 7.64. The van der Waals surface area contributed by atoms with Gasteiger partial charge in [0.2, 0.25) is 0 Å². The van der Waals surface area contributed by atoms with Crippen molar-refractivity contribution < 1.29 is 14.3 Å². The topological polar surface area (TPSA) is 76.2 Å². The number of benzene rings is 1. The number of carbonyl (C=O) groups is 1. The maximum atomic E-state index is 12.1. The predicted octanol–water partition coefficient (Wildman–Crippen LogP) is 2.77. The summed E-state index contributed by atoms with van der Waals surface area (Å²) in [5.41, 5.74) is 3.67. The molecule has 2 aromatic rings. The summed E-state index contributed by atoms with van der Waals surface area (Å²) in [5, 5.41) is 9.80. The quantitative estimate of drug-likeness (QED) is 0.536. The smallest absolute Gasteiger partial charge is 0.272 e. The van der Waals surface area contributed by atoms with Crippen molar-refractivity contribution in [2.75, 3.05) is 27.4 Å². The normalized spacial score (nSPS) is 11.7. The zero-order valence-corrected chi connectivity index (χ0v) is 15.4. The van der Waals surface area contributed by atoms with Gasteiger partial charge in [-0.1, -0.05) is 35.9 Å². The van der Waals surface area contributed by atoms with Gasteiger partial charge in [0.1, 0.15) is 11.5 Å². The predicted molar refractivity (Wildman–Crippen MR) is 101 cm³/mol. The highest BCUT2D eigenvalue weighted by molar-refractivity contribution is 5.92. The summed E-state index contributed by atoms with van der Waals surface area (Å²) in [7, 11) is 3.20. The number of nitrogens with zero attached hydrogens (tertiary/aromatic N) is 1. The van der Waals surface area contributed by atoms with Crippen LogP contribution in [-0.4, -0.2) is 43.5 Å². The SMILES string of the molecule is COC/C=C(\C=C/CNC(=O)c1cc(Cc2ccc(C)cc2)[nH]n1)OC. The van der Waals surface area contributed by atoms with Gasteiger partial charge in [-0.05, 0) is 30.7 Å². The standard InChI is InChI=1S/C20H25N3O3/c1-15-6-8-16(9-7-15)13-17-14-19(23-22-17)20(24)21-11-4-5-18(26-3)10-12-25-2/h4-10,14H,11-13H2,1-3H3,(H,21,24)(H,22,23)/b5-4-,18-10+. The van der Waals surface area contributed by atoms with Crippen LogP contribution < -0.4 is 5.32 Å². The molecular formula is C20H25N3O3. The van der Waals surface area contributed by atoms with E-state index in [4.69, 9.17) is 9.47 Å². The van der Waals surface area contributed by atoms with Gasteiger partial charge in [0.25, 0.3) is 5.91 Å². The molecule has 0 bridgehead atoms. The Hall–Kier alpha value is -2.86. The van der Waals surface area contributed by atoms with E-state index in [9.17, 15) is 4.79 Å². The Labute approximate surface area is 153 Å². The first-order valence-corrected chi connectivity index (χ1v) is 8.40. The molecule has 0 aliphatic carbocycles. The molecule has 0 spiro atoms. The molecule has 2 rings (SSSR count). The number of aryl methyl sites for hydroxylation is 1. The van der Waals surface area contributed by atoms with Crippen molar-refractivity contribution >= 4 is 5.91 Å². The lowest BCUT2D eigenvalue weighted by Gasteiger charge is -2.01. The van der Waals surface area contributed by atoms with Gasteiger partial charge in [-0.2, -0.15) is 5.10 Å². The number of aromatic amines is 1. The minimum Gasteiger partial charge on any atom is -0.497 e. The Morgan fingerprint density at radius 3 is 2.73 bits per heavy atom. The number of hydrogen-bond acceptors (Lipinski definition) is 4. The van der Waals surface area contributed by atoms with Crippen LogP contribution in [0.1, 0.15) is 27.3 Å². The summed E-state index contributed by atoms with van der Waals surface area (Å²) in [6.07, 6.45) is 6.11. The number of H-pyrrole nitrogens is 1. The number of hydrogen-bond donors (Lipinski definition) is 2. The molecule has 1 aromatic carbocycles. The fourth-order valence-electron chi connectivity index (χ4n) is 2.30. The highest BCUT2D eigenvalue weighted by Crippen LogP contribution is 2.10. The third-order valence-corrected chi connectivity index (χ3v) is 3.73. The molecule has 0 radical (unpaired) electrons. The molecule has 0 aliphatic rings. The molecule has 0 saturated heterocycles. The Morgan fingerprint density at radius 2 is 2.04 bits per heavy atom. The van der Waals surface area contributed by atoms with Gasteiger partial charge in [0, 0.05) is 25.8 Å². The number of methoxy groups -OCH3 is 2. The van der Waals surface area contributed by atoms with Crippen molar-refractivity contribution in [3.63, 3.8) is 0 Å². The maximum Gasteiger partial charge on any atom is 0.272 e. The van der Waals surface area contributed by atoms with Gasteiger partial charge in [-0.25, -0.2) is 0 Å². The van der Waals surface area contributed by atoms with Gasteiger partial charge in [0.15, 0.2) is 0 Å². The highest BCUT2D eigenvalue weighted by Gasteiger charge is 2.09. The molecule has 1 heterocycles. The van der Waals surface area contributed by atoms with Crippen LogP contribution in [0.4, 0.5) is 0 Å². The fraction of sp³-hybridized carbons (Fsp3) is 0.300. The number of amides is 1. The monoisotopic (exact) mass is 355 g/mol. The summed E-state index contributed by atoms with van der Waals surface area (Å²) in [5.74, 6) is 0.460. The number of carbonyl (C=O) groups excluding carboxylic acids is 1. The van der Waals surface area contributed by atoms with E-state index >= 15 is 0 Å². The van der Waals surface area contributed by atoms with Crippen molar-refractivity contribution in [2.45, 2.75) is 13.3 Å². The molecule has 26 heavy (non-hydrogen) atoms. The van der Waals surface area contributed by atoms with Crippen LogP contribution in [0.2, 0.25) is 0 Å². The van der Waals surface area contributed by atoms with Crippen molar-refractivity contribution in [1.29, 1.82) is 0 Å². The van der Waals surface area contributed by atoms with Crippen LogP contribution in [-0.2, 0) is 15.9 Å². The second-order valence-electron chi connectivity index (χ2n) is 5.82. The summed E-state index contributed by atoms with van der Waals surface area (Å²) >= 11 is 0. The lowest BCUT2D eigenvalue weighted by Crippen LogP contribution is -2.23. The van der Waals surface area contributed by atoms with Crippen molar-refractivity contribution in [3.05, 3.63) is 76.8 Å². The number of nitrogens with one attached hydrogen (secondary N) is 2. The Morgan fingerprint density at radius 1 is 1.27 bits per heavy atom. The lowest BCUT2D eigenvalue weighted by atomic mass is 10.1. The van der Waals surface area contributed by atoms with Crippen LogP contribution in [0.3, 0.4) is 0 Å². The summed E-state index contributed by atoms with van der Waals surface area (Å²) in [6.45, 7) is 2.91. The van der Waals surface area contributed by atoms with Gasteiger partial charge in [-0.15, -0.1) is 0 Å². The lowest BCUT2D eigenvalue weighted by molar-refractivity contribution is 0.0953. The first-order chi connectivity index (χ1) is 12.6. The Bertz CT molecular complexity index is 761. The highest BCUT2D eigenvalue weighted by atomic mass is 16.5. The van der Waals surface area contributed by atoms with Crippen LogP contribution >= 0.6 is 0 Å². The van der Waals surface area contributed by atoms with Gasteiger partial charge < -0.3 is 14.8 Å². The molecule has 6 heteroatoms. The van der Waals surface area contributed by atoms with E-state index in [0.717, 1.165) is 5.69 Å². The molecule has 1 aromatic heterocycles. The molecule has 2 N–H and O–H groups in total.